The third-order valence-corrected chi connectivity index (χ3v) is 5.72. The molecule has 0 N–H and O–H groups in total. The molecule has 0 fully saturated rings. The number of aromatic nitrogens is 1. The summed E-state index contributed by atoms with van der Waals surface area (Å²) in [6, 6.07) is 30.6. The molecule has 4 rings (SSSR count). The van der Waals surface area contributed by atoms with E-state index in [1.165, 1.54) is 5.56 Å². The van der Waals surface area contributed by atoms with Crippen LogP contribution >= 0.6 is 0 Å². The number of hydrogen-bond acceptors (Lipinski definition) is 4. The molecule has 4 nitrogen and oxygen atoms in total. The van der Waals surface area contributed by atoms with Crippen LogP contribution in [-0.4, -0.2) is 18.2 Å². The molecular weight excluding hydrogens is 434 g/mol. The summed E-state index contributed by atoms with van der Waals surface area (Å²) in [5.74, 6) is 1.38. The number of ether oxygens (including phenoxy) is 3. The van der Waals surface area contributed by atoms with Gasteiger partial charge in [0.05, 0.1) is 13.2 Å². The number of hydrogen-bond donors (Lipinski definition) is 0. The molecular formula is C31H33NO3. The Morgan fingerprint density at radius 2 is 1.34 bits per heavy atom. The van der Waals surface area contributed by atoms with Crippen molar-refractivity contribution in [2.45, 2.75) is 39.4 Å². The minimum absolute atomic E-state index is 0.000652. The van der Waals surface area contributed by atoms with Crippen molar-refractivity contribution in [3.63, 3.8) is 0 Å². The Morgan fingerprint density at radius 3 is 2.03 bits per heavy atom. The Hall–Kier alpha value is -3.63. The quantitative estimate of drug-likeness (QED) is 0.231. The zero-order valence-corrected chi connectivity index (χ0v) is 20.7. The van der Waals surface area contributed by atoms with Crippen LogP contribution in [0.1, 0.15) is 37.5 Å². The van der Waals surface area contributed by atoms with E-state index in [1.807, 2.05) is 66.7 Å². The van der Waals surface area contributed by atoms with E-state index < -0.39 is 0 Å². The lowest BCUT2D eigenvalue weighted by atomic mass is 9.85. The Kier molecular flexibility index (Phi) is 8.17. The Labute approximate surface area is 208 Å². The van der Waals surface area contributed by atoms with Crippen molar-refractivity contribution < 1.29 is 14.2 Å². The molecule has 0 aliphatic heterocycles. The maximum Gasteiger partial charge on any atom is 0.221 e. The smallest absolute Gasteiger partial charge is 0.221 e. The van der Waals surface area contributed by atoms with Crippen LogP contribution in [0.2, 0.25) is 0 Å². The van der Waals surface area contributed by atoms with Crippen LogP contribution in [0.25, 0.3) is 11.1 Å². The van der Waals surface area contributed by atoms with Crippen molar-refractivity contribution in [1.82, 2.24) is 4.98 Å². The lowest BCUT2D eigenvalue weighted by Crippen LogP contribution is -2.12. The van der Waals surface area contributed by atoms with Crippen molar-refractivity contribution in [3.8, 4) is 22.8 Å². The normalized spacial score (nSPS) is 11.3. The van der Waals surface area contributed by atoms with Crippen LogP contribution in [0.4, 0.5) is 0 Å². The van der Waals surface area contributed by atoms with E-state index in [1.54, 1.807) is 6.20 Å². The third kappa shape index (κ3) is 6.93. The summed E-state index contributed by atoms with van der Waals surface area (Å²) in [5, 5.41) is 0. The van der Waals surface area contributed by atoms with Gasteiger partial charge in [-0.05, 0) is 46.4 Å². The first-order valence-electron chi connectivity index (χ1n) is 12.0. The topological polar surface area (TPSA) is 40.6 Å². The second-order valence-electron chi connectivity index (χ2n) is 9.48. The number of rotatable bonds is 10. The van der Waals surface area contributed by atoms with Gasteiger partial charge in [0.25, 0.3) is 0 Å². The van der Waals surface area contributed by atoms with Gasteiger partial charge in [-0.25, -0.2) is 4.98 Å². The molecule has 1 heterocycles. The summed E-state index contributed by atoms with van der Waals surface area (Å²) in [6.45, 7) is 8.60. The lowest BCUT2D eigenvalue weighted by molar-refractivity contribution is 0.0891. The molecule has 4 heteroatoms. The summed E-state index contributed by atoms with van der Waals surface area (Å²) in [5.41, 5.74) is 5.35. The molecule has 0 aliphatic rings. The van der Waals surface area contributed by atoms with Crippen LogP contribution in [0.3, 0.4) is 0 Å². The van der Waals surface area contributed by atoms with Gasteiger partial charge in [-0.3, -0.25) is 0 Å². The van der Waals surface area contributed by atoms with Crippen molar-refractivity contribution in [2.75, 3.05) is 13.2 Å². The van der Waals surface area contributed by atoms with Gasteiger partial charge in [0.2, 0.25) is 5.88 Å². The molecule has 4 aromatic rings. The zero-order chi connectivity index (χ0) is 24.5. The first-order chi connectivity index (χ1) is 17.0. The predicted molar refractivity (Wildman–Crippen MR) is 141 cm³/mol. The van der Waals surface area contributed by atoms with E-state index >= 15 is 0 Å². The molecule has 1 aromatic heterocycles. The van der Waals surface area contributed by atoms with E-state index in [2.05, 4.69) is 50.0 Å². The number of pyridine rings is 1. The minimum atomic E-state index is -0.000652. The SMILES string of the molecule is CC(C)(C)c1ccc(OCCOCc2ccccc2)c(-c2cccnc2OCc2ccccc2)c1. The molecule has 0 amide bonds. The van der Waals surface area contributed by atoms with Gasteiger partial charge in [0, 0.05) is 17.3 Å². The highest BCUT2D eigenvalue weighted by atomic mass is 16.5. The second-order valence-corrected chi connectivity index (χ2v) is 9.48. The fourth-order valence-corrected chi connectivity index (χ4v) is 3.74. The first kappa shape index (κ1) is 24.5. The molecule has 0 radical (unpaired) electrons. The van der Waals surface area contributed by atoms with Crippen molar-refractivity contribution in [2.24, 2.45) is 0 Å². The molecule has 0 bridgehead atoms. The summed E-state index contributed by atoms with van der Waals surface area (Å²) in [4.78, 5) is 4.54. The summed E-state index contributed by atoms with van der Waals surface area (Å²) < 4.78 is 18.2. The monoisotopic (exact) mass is 467 g/mol. The molecule has 0 unspecified atom stereocenters. The van der Waals surface area contributed by atoms with E-state index in [0.29, 0.717) is 32.3 Å². The molecule has 0 atom stereocenters. The van der Waals surface area contributed by atoms with E-state index in [-0.39, 0.29) is 5.41 Å². The van der Waals surface area contributed by atoms with Crippen LogP contribution in [0, 0.1) is 0 Å². The van der Waals surface area contributed by atoms with E-state index in [4.69, 9.17) is 14.2 Å². The van der Waals surface area contributed by atoms with E-state index in [0.717, 1.165) is 28.0 Å². The summed E-state index contributed by atoms with van der Waals surface area (Å²) in [7, 11) is 0. The Morgan fingerprint density at radius 1 is 0.657 bits per heavy atom. The van der Waals surface area contributed by atoms with Gasteiger partial charge in [-0.1, -0.05) is 87.5 Å². The second kappa shape index (κ2) is 11.7. The highest BCUT2D eigenvalue weighted by Gasteiger charge is 2.19. The Balaban J connectivity index is 1.52. The molecule has 0 saturated carbocycles. The first-order valence-corrected chi connectivity index (χ1v) is 12.0. The molecule has 0 aliphatic carbocycles. The van der Waals surface area contributed by atoms with Gasteiger partial charge in [0.1, 0.15) is 19.0 Å². The van der Waals surface area contributed by atoms with Crippen molar-refractivity contribution in [3.05, 3.63) is 114 Å². The van der Waals surface area contributed by atoms with Crippen LogP contribution < -0.4 is 9.47 Å². The Bertz CT molecular complexity index is 1200. The molecule has 180 valence electrons. The largest absolute Gasteiger partial charge is 0.491 e. The average molecular weight is 468 g/mol. The van der Waals surface area contributed by atoms with Crippen LogP contribution in [-0.2, 0) is 23.4 Å². The summed E-state index contributed by atoms with van der Waals surface area (Å²) in [6.07, 6.45) is 1.76. The van der Waals surface area contributed by atoms with Crippen molar-refractivity contribution >= 4 is 0 Å². The fraction of sp³-hybridized carbons (Fsp3) is 0.258. The summed E-state index contributed by atoms with van der Waals surface area (Å²) >= 11 is 0. The minimum Gasteiger partial charge on any atom is -0.491 e. The van der Waals surface area contributed by atoms with Crippen LogP contribution in [0.5, 0.6) is 11.6 Å². The van der Waals surface area contributed by atoms with Gasteiger partial charge in [0.15, 0.2) is 0 Å². The maximum atomic E-state index is 6.21. The fourth-order valence-electron chi connectivity index (χ4n) is 3.74. The lowest BCUT2D eigenvalue weighted by Gasteiger charge is -2.22. The highest BCUT2D eigenvalue weighted by molar-refractivity contribution is 5.75. The highest BCUT2D eigenvalue weighted by Crippen LogP contribution is 2.38. The van der Waals surface area contributed by atoms with Crippen LogP contribution in [0.15, 0.2) is 97.2 Å². The number of nitrogens with zero attached hydrogens (tertiary/aromatic N) is 1. The third-order valence-electron chi connectivity index (χ3n) is 5.72. The zero-order valence-electron chi connectivity index (χ0n) is 20.7. The molecule has 0 spiro atoms. The number of benzene rings is 3. The standard InChI is InChI=1S/C31H33NO3/c1-31(2,3)26-16-17-29(34-20-19-33-22-24-11-6-4-7-12-24)28(21-26)27-15-10-18-32-30(27)35-23-25-13-8-5-9-14-25/h4-18,21H,19-20,22-23H2,1-3H3. The van der Waals surface area contributed by atoms with Gasteiger partial charge in [-0.2, -0.15) is 0 Å². The molecule has 3 aromatic carbocycles. The average Bonchev–Trinajstić information content (AvgIpc) is 2.88. The van der Waals surface area contributed by atoms with Gasteiger partial charge < -0.3 is 14.2 Å². The van der Waals surface area contributed by atoms with Gasteiger partial charge >= 0.3 is 0 Å². The predicted octanol–water partition coefficient (Wildman–Crippen LogP) is 7.22. The molecule has 35 heavy (non-hydrogen) atoms. The van der Waals surface area contributed by atoms with Gasteiger partial charge in [-0.15, -0.1) is 0 Å². The molecule has 0 saturated heterocycles. The van der Waals surface area contributed by atoms with E-state index in [9.17, 15) is 0 Å². The maximum absolute atomic E-state index is 6.21. The van der Waals surface area contributed by atoms with Crippen molar-refractivity contribution in [1.29, 1.82) is 0 Å².